The van der Waals surface area contributed by atoms with Crippen LogP contribution in [0.5, 0.6) is 0 Å². The molecule has 7 nitrogen and oxygen atoms in total. The van der Waals surface area contributed by atoms with Gasteiger partial charge in [0.15, 0.2) is 5.76 Å². The van der Waals surface area contributed by atoms with Gasteiger partial charge in [0.05, 0.1) is 33.0 Å². The van der Waals surface area contributed by atoms with Gasteiger partial charge in [-0.2, -0.15) is 0 Å². The van der Waals surface area contributed by atoms with Gasteiger partial charge in [0.2, 0.25) is 0 Å². The van der Waals surface area contributed by atoms with Crippen molar-refractivity contribution >= 4 is 39.8 Å². The standard InChI is InChI=1S/C20H12ClN3O4/c21-15-8-7-12(24(26)27)10-17(15)23-20(25)14-11-18(19-6-3-9-28-19)22-16-5-2-1-4-13(14)16/h1-11H,(H,23,25). The minimum absolute atomic E-state index is 0.154. The van der Waals surface area contributed by atoms with E-state index in [0.29, 0.717) is 27.9 Å². The number of nitrogens with one attached hydrogen (secondary N) is 1. The molecule has 4 rings (SSSR count). The van der Waals surface area contributed by atoms with Crippen molar-refractivity contribution in [3.8, 4) is 11.5 Å². The molecule has 2 aromatic heterocycles. The van der Waals surface area contributed by atoms with Crippen LogP contribution in [0.4, 0.5) is 11.4 Å². The molecule has 0 saturated heterocycles. The summed E-state index contributed by atoms with van der Waals surface area (Å²) in [7, 11) is 0. The maximum Gasteiger partial charge on any atom is 0.271 e. The number of benzene rings is 2. The van der Waals surface area contributed by atoms with Gasteiger partial charge in [0.1, 0.15) is 5.69 Å². The number of furan rings is 1. The zero-order valence-electron chi connectivity index (χ0n) is 14.3. The van der Waals surface area contributed by atoms with Crippen molar-refractivity contribution in [3.63, 3.8) is 0 Å². The molecule has 8 heteroatoms. The monoisotopic (exact) mass is 393 g/mol. The molecule has 0 spiro atoms. The van der Waals surface area contributed by atoms with E-state index in [1.54, 1.807) is 36.4 Å². The van der Waals surface area contributed by atoms with Gasteiger partial charge >= 0.3 is 0 Å². The lowest BCUT2D eigenvalue weighted by Gasteiger charge is -2.10. The number of carbonyl (C=O) groups excluding carboxylic acids is 1. The molecular weight excluding hydrogens is 382 g/mol. The third-order valence-electron chi connectivity index (χ3n) is 4.14. The van der Waals surface area contributed by atoms with E-state index in [0.717, 1.165) is 0 Å². The number of amides is 1. The molecule has 1 amide bonds. The molecule has 138 valence electrons. The van der Waals surface area contributed by atoms with Crippen LogP contribution in [0.2, 0.25) is 5.02 Å². The molecule has 0 unspecified atom stereocenters. The van der Waals surface area contributed by atoms with Crippen LogP contribution in [0.15, 0.2) is 71.3 Å². The van der Waals surface area contributed by atoms with E-state index in [4.69, 9.17) is 16.0 Å². The highest BCUT2D eigenvalue weighted by Crippen LogP contribution is 2.29. The van der Waals surface area contributed by atoms with E-state index in [1.165, 1.54) is 24.5 Å². The zero-order valence-corrected chi connectivity index (χ0v) is 15.0. The Morgan fingerprint density at radius 1 is 1.11 bits per heavy atom. The second-order valence-electron chi connectivity index (χ2n) is 5.92. The smallest absolute Gasteiger partial charge is 0.271 e. The highest BCUT2D eigenvalue weighted by atomic mass is 35.5. The van der Waals surface area contributed by atoms with Gasteiger partial charge in [0.25, 0.3) is 11.6 Å². The molecule has 0 aliphatic heterocycles. The summed E-state index contributed by atoms with van der Waals surface area (Å²) < 4.78 is 5.39. The Morgan fingerprint density at radius 3 is 2.68 bits per heavy atom. The summed E-state index contributed by atoms with van der Waals surface area (Å²) in [5.74, 6) is 0.0574. The number of non-ortho nitro benzene ring substituents is 1. The van der Waals surface area contributed by atoms with Crippen LogP contribution in [0, 0.1) is 10.1 Å². The molecule has 0 bridgehead atoms. The summed E-state index contributed by atoms with van der Waals surface area (Å²) in [5.41, 5.74) is 1.45. The Bertz CT molecular complexity index is 1210. The number of fused-ring (bicyclic) bond motifs is 1. The second-order valence-corrected chi connectivity index (χ2v) is 6.33. The lowest BCUT2D eigenvalue weighted by molar-refractivity contribution is -0.384. The van der Waals surface area contributed by atoms with E-state index in [2.05, 4.69) is 10.3 Å². The largest absolute Gasteiger partial charge is 0.463 e. The number of para-hydroxylation sites is 1. The fourth-order valence-corrected chi connectivity index (χ4v) is 2.99. The second kappa shape index (κ2) is 7.13. The fourth-order valence-electron chi connectivity index (χ4n) is 2.83. The van der Waals surface area contributed by atoms with Crippen LogP contribution < -0.4 is 5.32 Å². The van der Waals surface area contributed by atoms with E-state index >= 15 is 0 Å². The van der Waals surface area contributed by atoms with Gasteiger partial charge in [0, 0.05) is 17.5 Å². The third kappa shape index (κ3) is 3.30. The van der Waals surface area contributed by atoms with Crippen molar-refractivity contribution in [1.29, 1.82) is 0 Å². The summed E-state index contributed by atoms with van der Waals surface area (Å²) in [5, 5.41) is 14.5. The minimum Gasteiger partial charge on any atom is -0.463 e. The maximum atomic E-state index is 13.0. The maximum absolute atomic E-state index is 13.0. The summed E-state index contributed by atoms with van der Waals surface area (Å²) in [6.07, 6.45) is 1.52. The average molecular weight is 394 g/mol. The highest BCUT2D eigenvalue weighted by Gasteiger charge is 2.17. The van der Waals surface area contributed by atoms with E-state index < -0.39 is 10.8 Å². The Labute approximate surface area is 163 Å². The zero-order chi connectivity index (χ0) is 19.7. The van der Waals surface area contributed by atoms with Crippen LogP contribution >= 0.6 is 11.6 Å². The number of hydrogen-bond acceptors (Lipinski definition) is 5. The number of nitro groups is 1. The molecule has 2 aromatic carbocycles. The molecule has 1 N–H and O–H groups in total. The number of pyridine rings is 1. The topological polar surface area (TPSA) is 98.3 Å². The first-order valence-electron chi connectivity index (χ1n) is 8.22. The Balaban J connectivity index is 1.79. The van der Waals surface area contributed by atoms with Crippen molar-refractivity contribution in [2.45, 2.75) is 0 Å². The summed E-state index contributed by atoms with van der Waals surface area (Å²) in [6.45, 7) is 0. The molecule has 0 fully saturated rings. The van der Waals surface area contributed by atoms with E-state index in [-0.39, 0.29) is 16.4 Å². The van der Waals surface area contributed by atoms with Crippen molar-refractivity contribution in [1.82, 2.24) is 4.98 Å². The van der Waals surface area contributed by atoms with Gasteiger partial charge in [-0.25, -0.2) is 4.98 Å². The summed E-state index contributed by atoms with van der Waals surface area (Å²) >= 11 is 6.10. The minimum atomic E-state index is -0.553. The summed E-state index contributed by atoms with van der Waals surface area (Å²) in [6, 6.07) is 16.1. The molecule has 0 radical (unpaired) electrons. The molecule has 0 saturated carbocycles. The van der Waals surface area contributed by atoms with E-state index in [1.807, 2.05) is 6.07 Å². The fraction of sp³-hybridized carbons (Fsp3) is 0. The molecule has 0 aliphatic carbocycles. The number of nitrogens with zero attached hydrogens (tertiary/aromatic N) is 2. The lowest BCUT2D eigenvalue weighted by atomic mass is 10.1. The number of rotatable bonds is 4. The number of anilines is 1. The highest BCUT2D eigenvalue weighted by molar-refractivity contribution is 6.34. The van der Waals surface area contributed by atoms with Crippen LogP contribution in [0.3, 0.4) is 0 Å². The van der Waals surface area contributed by atoms with E-state index in [9.17, 15) is 14.9 Å². The molecule has 28 heavy (non-hydrogen) atoms. The van der Waals surface area contributed by atoms with Gasteiger partial charge in [-0.05, 0) is 30.3 Å². The molecule has 2 heterocycles. The van der Waals surface area contributed by atoms with Crippen LogP contribution in [-0.4, -0.2) is 15.8 Å². The van der Waals surface area contributed by atoms with Crippen molar-refractivity contribution in [2.24, 2.45) is 0 Å². The van der Waals surface area contributed by atoms with Crippen LogP contribution in [-0.2, 0) is 0 Å². The molecule has 0 atom stereocenters. The van der Waals surface area contributed by atoms with Crippen molar-refractivity contribution < 1.29 is 14.1 Å². The van der Waals surface area contributed by atoms with Gasteiger partial charge < -0.3 is 9.73 Å². The van der Waals surface area contributed by atoms with Gasteiger partial charge in [-0.15, -0.1) is 0 Å². The molecule has 0 aliphatic rings. The van der Waals surface area contributed by atoms with Crippen molar-refractivity contribution in [2.75, 3.05) is 5.32 Å². The SMILES string of the molecule is O=C(Nc1cc([N+](=O)[O-])ccc1Cl)c1cc(-c2ccco2)nc2ccccc12. The molecule has 4 aromatic rings. The number of carbonyl (C=O) groups is 1. The Kier molecular flexibility index (Phi) is 4.50. The third-order valence-corrected chi connectivity index (χ3v) is 4.47. The Morgan fingerprint density at radius 2 is 1.93 bits per heavy atom. The van der Waals surface area contributed by atoms with Crippen molar-refractivity contribution in [3.05, 3.63) is 87.6 Å². The lowest BCUT2D eigenvalue weighted by Crippen LogP contribution is -2.13. The number of nitro benzene ring substituents is 1. The first-order chi connectivity index (χ1) is 13.5. The van der Waals surface area contributed by atoms with Crippen LogP contribution in [0.25, 0.3) is 22.4 Å². The number of hydrogen-bond donors (Lipinski definition) is 1. The number of aromatic nitrogens is 1. The first kappa shape index (κ1) is 17.7. The summed E-state index contributed by atoms with van der Waals surface area (Å²) in [4.78, 5) is 28.0. The average Bonchev–Trinajstić information content (AvgIpc) is 3.23. The van der Waals surface area contributed by atoms with Gasteiger partial charge in [-0.1, -0.05) is 29.8 Å². The predicted molar refractivity (Wildman–Crippen MR) is 106 cm³/mol. The quantitative estimate of drug-likeness (QED) is 0.374. The normalized spacial score (nSPS) is 10.8. The number of halogens is 1. The predicted octanol–water partition coefficient (Wildman–Crippen LogP) is 5.31. The molecular formula is C20H12ClN3O4. The Hall–Kier alpha value is -3.71. The first-order valence-corrected chi connectivity index (χ1v) is 8.59. The van der Waals surface area contributed by atoms with Gasteiger partial charge in [-0.3, -0.25) is 14.9 Å². The van der Waals surface area contributed by atoms with Crippen LogP contribution in [0.1, 0.15) is 10.4 Å².